The molecule has 2 aromatic heterocycles. The molecule has 11 heteroatoms. The van der Waals surface area contributed by atoms with Crippen molar-refractivity contribution < 1.29 is 13.5 Å². The fourth-order valence-corrected chi connectivity index (χ4v) is 6.18. The first kappa shape index (κ1) is 27.9. The highest BCUT2D eigenvalue weighted by Crippen LogP contribution is 2.39. The molecule has 0 saturated heterocycles. The second-order valence-electron chi connectivity index (χ2n) is 11.0. The van der Waals surface area contributed by atoms with E-state index in [9.17, 15) is 8.78 Å². The second kappa shape index (κ2) is 12.7. The predicted molar refractivity (Wildman–Crippen MR) is 159 cm³/mol. The zero-order valence-corrected chi connectivity index (χ0v) is 23.3. The van der Waals surface area contributed by atoms with Gasteiger partial charge in [-0.2, -0.15) is 13.9 Å². The van der Waals surface area contributed by atoms with E-state index in [4.69, 9.17) is 5.73 Å². The number of ether oxygens (including phenoxy) is 1. The van der Waals surface area contributed by atoms with Crippen LogP contribution in [0, 0.1) is 0 Å². The van der Waals surface area contributed by atoms with E-state index in [1.54, 1.807) is 12.1 Å². The molecule has 0 unspecified atom stereocenters. The summed E-state index contributed by atoms with van der Waals surface area (Å²) < 4.78 is 31.8. The lowest BCUT2D eigenvalue weighted by Gasteiger charge is -2.30. The van der Waals surface area contributed by atoms with E-state index < -0.39 is 6.61 Å². The minimum Gasteiger partial charge on any atom is -0.435 e. The Morgan fingerprint density at radius 3 is 2.67 bits per heavy atom. The summed E-state index contributed by atoms with van der Waals surface area (Å²) in [6.45, 7) is -1.60. The maximum absolute atomic E-state index is 12.7. The number of aromatic nitrogens is 3. The van der Waals surface area contributed by atoms with Gasteiger partial charge in [0.2, 0.25) is 0 Å². The summed E-state index contributed by atoms with van der Waals surface area (Å²) in [4.78, 5) is 4.41. The number of anilines is 3. The highest BCUT2D eigenvalue weighted by molar-refractivity contribution is 5.75. The average molecular weight is 575 g/mol. The molecule has 1 fully saturated rings. The van der Waals surface area contributed by atoms with Crippen LogP contribution in [0.3, 0.4) is 0 Å². The number of benzene rings is 2. The minimum atomic E-state index is -2.86. The number of halogens is 2. The van der Waals surface area contributed by atoms with Gasteiger partial charge in [0.05, 0.1) is 18.4 Å². The van der Waals surface area contributed by atoms with E-state index >= 15 is 0 Å². The van der Waals surface area contributed by atoms with E-state index in [1.165, 1.54) is 24.5 Å². The first-order valence-electron chi connectivity index (χ1n) is 14.4. The van der Waals surface area contributed by atoms with Crippen molar-refractivity contribution in [2.45, 2.75) is 63.1 Å². The number of hydrazine groups is 2. The number of nitrogens with zero attached hydrogens (tertiary/aromatic N) is 3. The first-order valence-corrected chi connectivity index (χ1v) is 14.4. The van der Waals surface area contributed by atoms with Gasteiger partial charge in [-0.15, -0.1) is 5.53 Å². The quantitative estimate of drug-likeness (QED) is 0.157. The van der Waals surface area contributed by atoms with Crippen LogP contribution in [0.1, 0.15) is 66.2 Å². The lowest BCUT2D eigenvalue weighted by molar-refractivity contribution is -0.0498. The lowest BCUT2D eigenvalue weighted by atomic mass is 9.81. The van der Waals surface area contributed by atoms with E-state index in [2.05, 4.69) is 66.9 Å². The Morgan fingerprint density at radius 1 is 1.02 bits per heavy atom. The smallest absolute Gasteiger partial charge is 0.387 e. The van der Waals surface area contributed by atoms with Crippen LogP contribution in [0.4, 0.5) is 26.1 Å². The summed E-state index contributed by atoms with van der Waals surface area (Å²) in [5, 5.41) is 8.42. The molecule has 2 aliphatic rings. The van der Waals surface area contributed by atoms with Gasteiger partial charge >= 0.3 is 6.61 Å². The summed E-state index contributed by atoms with van der Waals surface area (Å²) in [6, 6.07) is 19.9. The number of hydrogen-bond acceptors (Lipinski definition) is 8. The molecule has 2 aromatic carbocycles. The zero-order chi connectivity index (χ0) is 28.9. The SMILES string of the molecule is Nc1cc([C@H](CCN[C@H]2CC[C@H](c3ccccc3)CC2)c2cnn(Cc3cccc(OC(F)F)c3)c2)c2c(n1)NNN2. The number of fused-ring (bicyclic) bond motifs is 1. The van der Waals surface area contributed by atoms with Gasteiger partial charge in [0.15, 0.2) is 5.82 Å². The molecule has 1 aliphatic heterocycles. The molecule has 3 heterocycles. The standard InChI is InChI=1S/C31H36F2N8O/c32-31(33)42-25-8-4-5-20(15-25)18-41-19-23(17-36-41)26(27-16-28(34)37-30-29(27)38-40-39-30)13-14-35-24-11-9-22(10-12-24)21-6-2-1-3-7-21/h1-8,15-17,19,22,24,26,31,35,38,40H,9-14,18H2,(H3,34,37,39)/t22-,24-,26-/m1/s1. The number of hydrogen-bond donors (Lipinski definition) is 5. The average Bonchev–Trinajstić information content (AvgIpc) is 3.65. The highest BCUT2D eigenvalue weighted by Gasteiger charge is 2.27. The van der Waals surface area contributed by atoms with Gasteiger partial charge in [-0.25, -0.2) is 4.98 Å². The number of nitrogens with one attached hydrogen (secondary N) is 4. The summed E-state index contributed by atoms with van der Waals surface area (Å²) in [5.41, 5.74) is 20.5. The third-order valence-electron chi connectivity index (χ3n) is 8.20. The van der Waals surface area contributed by atoms with Crippen molar-refractivity contribution in [1.29, 1.82) is 0 Å². The number of pyridine rings is 1. The van der Waals surface area contributed by atoms with E-state index in [0.717, 1.165) is 48.2 Å². The molecule has 1 saturated carbocycles. The minimum absolute atomic E-state index is 0.00587. The Morgan fingerprint density at radius 2 is 1.86 bits per heavy atom. The van der Waals surface area contributed by atoms with Gasteiger partial charge in [-0.1, -0.05) is 42.5 Å². The Balaban J connectivity index is 1.15. The van der Waals surface area contributed by atoms with Gasteiger partial charge in [0.25, 0.3) is 0 Å². The number of nitrogens with two attached hydrogens (primary N) is 1. The molecule has 42 heavy (non-hydrogen) atoms. The van der Waals surface area contributed by atoms with Gasteiger partial charge in [0, 0.05) is 18.2 Å². The molecule has 220 valence electrons. The van der Waals surface area contributed by atoms with Gasteiger partial charge in [-0.3, -0.25) is 10.1 Å². The molecule has 6 rings (SSSR count). The van der Waals surface area contributed by atoms with Gasteiger partial charge in [-0.05, 0) is 85.0 Å². The summed E-state index contributed by atoms with van der Waals surface area (Å²) >= 11 is 0. The Labute approximate surface area is 243 Å². The summed E-state index contributed by atoms with van der Waals surface area (Å²) in [5.74, 6) is 1.85. The fourth-order valence-electron chi connectivity index (χ4n) is 6.18. The highest BCUT2D eigenvalue weighted by atomic mass is 19.3. The van der Waals surface area contributed by atoms with Crippen molar-refractivity contribution in [1.82, 2.24) is 25.6 Å². The molecular formula is C31H36F2N8O. The van der Waals surface area contributed by atoms with E-state index in [-0.39, 0.29) is 11.7 Å². The molecule has 1 aliphatic carbocycles. The Hall–Kier alpha value is -4.22. The van der Waals surface area contributed by atoms with Crippen molar-refractivity contribution in [2.75, 3.05) is 23.1 Å². The van der Waals surface area contributed by atoms with Crippen molar-refractivity contribution in [3.8, 4) is 5.75 Å². The van der Waals surface area contributed by atoms with Crippen molar-refractivity contribution in [3.63, 3.8) is 0 Å². The van der Waals surface area contributed by atoms with Crippen LogP contribution in [0.25, 0.3) is 0 Å². The second-order valence-corrected chi connectivity index (χ2v) is 11.0. The molecule has 0 spiro atoms. The van der Waals surface area contributed by atoms with Crippen LogP contribution in [-0.4, -0.2) is 34.0 Å². The topological polar surface area (TPSA) is 114 Å². The molecule has 0 radical (unpaired) electrons. The lowest BCUT2D eigenvalue weighted by Crippen LogP contribution is -2.34. The third kappa shape index (κ3) is 6.63. The monoisotopic (exact) mass is 574 g/mol. The number of rotatable bonds is 11. The molecule has 9 nitrogen and oxygen atoms in total. The van der Waals surface area contributed by atoms with E-state index in [1.807, 2.05) is 29.2 Å². The number of alkyl halides is 2. The molecular weight excluding hydrogens is 538 g/mol. The van der Waals surface area contributed by atoms with Crippen molar-refractivity contribution in [3.05, 3.63) is 95.3 Å². The van der Waals surface area contributed by atoms with Gasteiger partial charge < -0.3 is 21.2 Å². The van der Waals surface area contributed by atoms with Crippen LogP contribution in [0.5, 0.6) is 5.75 Å². The molecule has 6 N–H and O–H groups in total. The maximum atomic E-state index is 12.7. The summed E-state index contributed by atoms with van der Waals surface area (Å²) in [6.07, 6.45) is 9.41. The summed E-state index contributed by atoms with van der Waals surface area (Å²) in [7, 11) is 0. The van der Waals surface area contributed by atoms with E-state index in [0.29, 0.717) is 30.1 Å². The molecule has 4 aromatic rings. The molecule has 1 atom stereocenters. The predicted octanol–water partition coefficient (Wildman–Crippen LogP) is 5.61. The van der Waals surface area contributed by atoms with Crippen LogP contribution in [-0.2, 0) is 6.54 Å². The van der Waals surface area contributed by atoms with Crippen LogP contribution < -0.4 is 32.2 Å². The van der Waals surface area contributed by atoms with Crippen LogP contribution in [0.2, 0.25) is 0 Å². The number of nitrogen functional groups attached to an aromatic ring is 1. The Bertz CT molecular complexity index is 1470. The third-order valence-corrected chi connectivity index (χ3v) is 8.20. The maximum Gasteiger partial charge on any atom is 0.387 e. The Kier molecular flexibility index (Phi) is 8.47. The van der Waals surface area contributed by atoms with Crippen LogP contribution in [0.15, 0.2) is 73.1 Å². The first-order chi connectivity index (χ1) is 20.5. The van der Waals surface area contributed by atoms with Gasteiger partial charge in [0.1, 0.15) is 11.6 Å². The zero-order valence-electron chi connectivity index (χ0n) is 23.3. The van der Waals surface area contributed by atoms with Crippen molar-refractivity contribution >= 4 is 17.3 Å². The largest absolute Gasteiger partial charge is 0.435 e. The molecule has 0 amide bonds. The molecule has 0 bridgehead atoms. The normalized spacial score (nSPS) is 18.7. The fraction of sp³-hybridized carbons (Fsp3) is 0.355. The van der Waals surface area contributed by atoms with Crippen LogP contribution >= 0.6 is 0 Å². The van der Waals surface area contributed by atoms with Crippen molar-refractivity contribution in [2.24, 2.45) is 0 Å².